The summed E-state index contributed by atoms with van der Waals surface area (Å²) < 4.78 is 31.2. The van der Waals surface area contributed by atoms with Crippen LogP contribution in [0.1, 0.15) is 76.1 Å². The van der Waals surface area contributed by atoms with Gasteiger partial charge in [-0.05, 0) is 109 Å². The first-order valence-corrected chi connectivity index (χ1v) is 18.4. The van der Waals surface area contributed by atoms with Crippen LogP contribution in [0, 0.1) is 13.8 Å². The molecule has 2 aliphatic rings. The second-order valence-electron chi connectivity index (χ2n) is 13.2. The number of carbonyl (C=O) groups excluding carboxylic acids is 1. The average Bonchev–Trinajstić information content (AvgIpc) is 4.05. The van der Waals surface area contributed by atoms with E-state index in [1.54, 1.807) is 0 Å². The molecule has 7 nitrogen and oxygen atoms in total. The highest BCUT2D eigenvalue weighted by Crippen LogP contribution is 2.52. The number of nitrogens with one attached hydrogen (secondary N) is 2. The number of phosphoric ester groups is 1. The van der Waals surface area contributed by atoms with E-state index in [0.29, 0.717) is 18.9 Å². The molecular weight excluding hydrogens is 619 g/mol. The van der Waals surface area contributed by atoms with Crippen molar-refractivity contribution in [2.45, 2.75) is 77.0 Å². The van der Waals surface area contributed by atoms with Gasteiger partial charge in [0.05, 0.1) is 25.2 Å². The van der Waals surface area contributed by atoms with E-state index < -0.39 is 13.2 Å². The van der Waals surface area contributed by atoms with Crippen LogP contribution in [0.4, 0.5) is 0 Å². The van der Waals surface area contributed by atoms with E-state index in [1.807, 2.05) is 72.9 Å². The first kappa shape index (κ1) is 32.5. The first-order valence-electron chi connectivity index (χ1n) is 16.9. The Labute approximate surface area is 282 Å². The fourth-order valence-electron chi connectivity index (χ4n) is 6.74. The minimum Gasteiger partial charge on any atom is -0.361 e. The molecule has 0 spiro atoms. The smallest absolute Gasteiger partial charge is 0.361 e. The van der Waals surface area contributed by atoms with Crippen LogP contribution in [0.15, 0.2) is 97.2 Å². The van der Waals surface area contributed by atoms with Gasteiger partial charge in [0.15, 0.2) is 0 Å². The molecule has 0 atom stereocenters. The molecule has 0 saturated heterocycles. The molecule has 2 fully saturated rings. The number of amides is 1. The number of aryl methyl sites for hydroxylation is 1. The number of aromatic nitrogens is 1. The van der Waals surface area contributed by atoms with E-state index in [9.17, 15) is 9.36 Å². The molecule has 0 aliphatic heterocycles. The van der Waals surface area contributed by atoms with E-state index in [2.05, 4.69) is 48.4 Å². The molecular formula is C40H43N2O5P. The highest BCUT2D eigenvalue weighted by Gasteiger charge is 2.51. The summed E-state index contributed by atoms with van der Waals surface area (Å²) in [5.74, 6) is 0.765. The van der Waals surface area contributed by atoms with Crippen LogP contribution in [0.25, 0.3) is 10.9 Å². The van der Waals surface area contributed by atoms with Gasteiger partial charge in [0.25, 0.3) is 0 Å². The number of hydrogen-bond acceptors (Lipinski definition) is 5. The lowest BCUT2D eigenvalue weighted by atomic mass is 9.92. The van der Waals surface area contributed by atoms with Gasteiger partial charge in [-0.25, -0.2) is 4.57 Å². The Morgan fingerprint density at radius 2 is 1.52 bits per heavy atom. The van der Waals surface area contributed by atoms with Gasteiger partial charge in [-0.3, -0.25) is 18.4 Å². The van der Waals surface area contributed by atoms with Crippen LogP contribution < -0.4 is 5.32 Å². The maximum Gasteiger partial charge on any atom is 0.475 e. The molecule has 0 radical (unpaired) electrons. The molecule has 0 unspecified atom stereocenters. The number of phosphoric acid groups is 1. The fraction of sp³-hybridized carbons (Fsp3) is 0.325. The molecule has 1 amide bonds. The predicted octanol–water partition coefficient (Wildman–Crippen LogP) is 9.11. The minimum atomic E-state index is -3.88. The van der Waals surface area contributed by atoms with Crippen molar-refractivity contribution in [1.82, 2.24) is 10.3 Å². The zero-order valence-corrected chi connectivity index (χ0v) is 28.6. The van der Waals surface area contributed by atoms with E-state index in [1.165, 1.54) is 35.1 Å². The number of benzene rings is 4. The van der Waals surface area contributed by atoms with Crippen molar-refractivity contribution < 1.29 is 22.9 Å². The largest absolute Gasteiger partial charge is 0.475 e. The molecule has 2 saturated carbocycles. The van der Waals surface area contributed by atoms with Crippen LogP contribution in [0.2, 0.25) is 0 Å². The number of fused-ring (bicyclic) bond motifs is 1. The van der Waals surface area contributed by atoms with Crippen molar-refractivity contribution in [2.75, 3.05) is 6.61 Å². The molecule has 48 heavy (non-hydrogen) atoms. The van der Waals surface area contributed by atoms with E-state index in [-0.39, 0.29) is 25.7 Å². The molecule has 7 rings (SSSR count). The summed E-state index contributed by atoms with van der Waals surface area (Å²) in [5, 5.41) is 4.31. The Balaban J connectivity index is 1.02. The van der Waals surface area contributed by atoms with Crippen LogP contribution in [0.5, 0.6) is 0 Å². The van der Waals surface area contributed by atoms with Crippen molar-refractivity contribution >= 4 is 24.6 Å². The average molecular weight is 663 g/mol. The van der Waals surface area contributed by atoms with Crippen LogP contribution >= 0.6 is 7.82 Å². The monoisotopic (exact) mass is 662 g/mol. The van der Waals surface area contributed by atoms with Crippen LogP contribution in [-0.4, -0.2) is 17.5 Å². The van der Waals surface area contributed by atoms with Crippen molar-refractivity contribution in [1.29, 1.82) is 0 Å². The lowest BCUT2D eigenvalue weighted by Crippen LogP contribution is -2.34. The predicted molar refractivity (Wildman–Crippen MR) is 189 cm³/mol. The summed E-state index contributed by atoms with van der Waals surface area (Å²) in [6.45, 7) is 5.29. The van der Waals surface area contributed by atoms with Gasteiger partial charge in [-0.15, -0.1) is 0 Å². The van der Waals surface area contributed by atoms with Gasteiger partial charge in [-0.1, -0.05) is 78.9 Å². The van der Waals surface area contributed by atoms with Gasteiger partial charge in [0.1, 0.15) is 0 Å². The maximum absolute atomic E-state index is 13.8. The number of hydrogen-bond donors (Lipinski definition) is 2. The van der Waals surface area contributed by atoms with Gasteiger partial charge >= 0.3 is 7.82 Å². The molecule has 5 aromatic rings. The van der Waals surface area contributed by atoms with Crippen molar-refractivity contribution in [3.8, 4) is 0 Å². The van der Waals surface area contributed by atoms with Crippen molar-refractivity contribution in [3.63, 3.8) is 0 Å². The number of aromatic amines is 1. The highest BCUT2D eigenvalue weighted by molar-refractivity contribution is 7.48. The SMILES string of the molecule is Cc1ccc(CNC(=O)C2(c3ccc4[nH]cc(CCOP(=O)(OCc5ccccc5)OCc5ccccc5)c4c3)CC2)c(C)c1C1CC1. The summed E-state index contributed by atoms with van der Waals surface area (Å²) in [6.07, 6.45) is 6.63. The Morgan fingerprint density at radius 1 is 0.854 bits per heavy atom. The van der Waals surface area contributed by atoms with Gasteiger partial charge in [0, 0.05) is 23.6 Å². The molecule has 0 bridgehead atoms. The number of rotatable bonds is 15. The van der Waals surface area contributed by atoms with E-state index in [0.717, 1.165) is 46.0 Å². The quantitative estimate of drug-likeness (QED) is 0.109. The zero-order valence-electron chi connectivity index (χ0n) is 27.7. The molecule has 2 aliphatic carbocycles. The van der Waals surface area contributed by atoms with Crippen molar-refractivity contribution in [2.24, 2.45) is 0 Å². The summed E-state index contributed by atoms with van der Waals surface area (Å²) in [5.41, 5.74) is 9.62. The van der Waals surface area contributed by atoms with Crippen LogP contribution in [-0.2, 0) is 54.5 Å². The Morgan fingerprint density at radius 3 is 2.15 bits per heavy atom. The Kier molecular flexibility index (Phi) is 9.39. The van der Waals surface area contributed by atoms with Gasteiger partial charge in [-0.2, -0.15) is 0 Å². The lowest BCUT2D eigenvalue weighted by Gasteiger charge is -2.19. The third-order valence-electron chi connectivity index (χ3n) is 9.86. The Hall–Kier alpha value is -4.00. The molecule has 248 valence electrons. The minimum absolute atomic E-state index is 0.0854. The third-order valence-corrected chi connectivity index (χ3v) is 11.2. The van der Waals surface area contributed by atoms with E-state index >= 15 is 0 Å². The lowest BCUT2D eigenvalue weighted by molar-refractivity contribution is -0.123. The molecule has 1 aromatic heterocycles. The summed E-state index contributed by atoms with van der Waals surface area (Å²) in [6, 6.07) is 29.7. The molecule has 8 heteroatoms. The topological polar surface area (TPSA) is 89.7 Å². The number of H-pyrrole nitrogens is 1. The molecule has 1 heterocycles. The summed E-state index contributed by atoms with van der Waals surface area (Å²) in [7, 11) is -3.88. The molecule has 4 aromatic carbocycles. The van der Waals surface area contributed by atoms with E-state index in [4.69, 9.17) is 13.6 Å². The standard InChI is InChI=1S/C40H43N2O5P/c1-28-13-14-33(29(2)38(28)32-15-16-32)24-42-39(43)40(20-21-40)35-17-18-37-36(23-35)34(25-41-37)19-22-45-48(44,46-26-30-9-5-3-6-10-30)47-27-31-11-7-4-8-12-31/h3-14,17-18,23,25,32,41H,15-16,19-22,24,26-27H2,1-2H3,(H,42,43). The molecule has 2 N–H and O–H groups in total. The maximum atomic E-state index is 13.8. The third kappa shape index (κ3) is 7.20. The van der Waals surface area contributed by atoms with Crippen molar-refractivity contribution in [3.05, 3.63) is 142 Å². The first-order chi connectivity index (χ1) is 23.3. The second kappa shape index (κ2) is 13.9. The summed E-state index contributed by atoms with van der Waals surface area (Å²) in [4.78, 5) is 17.0. The van der Waals surface area contributed by atoms with Gasteiger partial charge in [0.2, 0.25) is 5.91 Å². The highest BCUT2D eigenvalue weighted by atomic mass is 31.2. The fourth-order valence-corrected chi connectivity index (χ4v) is 7.89. The van der Waals surface area contributed by atoms with Gasteiger partial charge < -0.3 is 10.3 Å². The van der Waals surface area contributed by atoms with Crippen LogP contribution in [0.3, 0.4) is 0 Å². The normalized spacial score (nSPS) is 15.5. The second-order valence-corrected chi connectivity index (χ2v) is 14.9. The number of carbonyl (C=O) groups is 1. The Bertz CT molecular complexity index is 1900. The summed E-state index contributed by atoms with van der Waals surface area (Å²) >= 11 is 0. The zero-order chi connectivity index (χ0) is 33.1.